The van der Waals surface area contributed by atoms with Crippen LogP contribution in [0.3, 0.4) is 0 Å². The van der Waals surface area contributed by atoms with Crippen LogP contribution >= 0.6 is 11.6 Å². The Bertz CT molecular complexity index is 782. The van der Waals surface area contributed by atoms with Crippen molar-refractivity contribution in [3.05, 3.63) is 34.6 Å². The molecule has 0 radical (unpaired) electrons. The van der Waals surface area contributed by atoms with E-state index >= 15 is 0 Å². The van der Waals surface area contributed by atoms with Crippen molar-refractivity contribution >= 4 is 23.3 Å². The van der Waals surface area contributed by atoms with E-state index in [0.29, 0.717) is 23.8 Å². The van der Waals surface area contributed by atoms with Crippen molar-refractivity contribution in [1.82, 2.24) is 20.3 Å². The van der Waals surface area contributed by atoms with Crippen LogP contribution in [0.5, 0.6) is 0 Å². The number of halogens is 2. The van der Waals surface area contributed by atoms with E-state index in [2.05, 4.69) is 25.6 Å². The van der Waals surface area contributed by atoms with Crippen LogP contribution in [0.1, 0.15) is 47.8 Å². The van der Waals surface area contributed by atoms with Gasteiger partial charge in [-0.15, -0.1) is 0 Å². The lowest BCUT2D eigenvalue weighted by atomic mass is 9.91. The summed E-state index contributed by atoms with van der Waals surface area (Å²) in [6.07, 6.45) is 4.31. The Labute approximate surface area is 149 Å². The molecular weight excluding hydrogens is 349 g/mol. The molecule has 7 nitrogen and oxygen atoms in total. The molecule has 2 aromatic heterocycles. The number of anilines is 1. The highest BCUT2D eigenvalue weighted by Crippen LogP contribution is 2.23. The van der Waals surface area contributed by atoms with Gasteiger partial charge in [0.2, 0.25) is 5.28 Å². The standard InChI is InChI=1S/C16H19ClFN5O2/c1-8-13(20-9(2)25-8)15(24)22-11-5-3-4-10(6-11)21-14-12(18)7-19-16(17)23-14/h7,10-11H,3-6H2,1-2H3,(H,22,24)(H,19,21,23). The monoisotopic (exact) mass is 367 g/mol. The molecule has 25 heavy (non-hydrogen) atoms. The van der Waals surface area contributed by atoms with Crippen molar-refractivity contribution in [1.29, 1.82) is 0 Å². The summed E-state index contributed by atoms with van der Waals surface area (Å²) in [5.41, 5.74) is 0.307. The van der Waals surface area contributed by atoms with Gasteiger partial charge in [0.25, 0.3) is 5.91 Å². The number of nitrogens with zero attached hydrogens (tertiary/aromatic N) is 3. The van der Waals surface area contributed by atoms with E-state index in [1.807, 2.05) is 0 Å². The number of oxazole rings is 1. The van der Waals surface area contributed by atoms with Gasteiger partial charge in [0, 0.05) is 19.0 Å². The molecule has 0 aliphatic heterocycles. The number of rotatable bonds is 4. The highest BCUT2D eigenvalue weighted by Gasteiger charge is 2.26. The first-order valence-corrected chi connectivity index (χ1v) is 8.49. The summed E-state index contributed by atoms with van der Waals surface area (Å²) in [4.78, 5) is 23.9. The van der Waals surface area contributed by atoms with Gasteiger partial charge in [0.05, 0.1) is 6.20 Å². The average Bonchev–Trinajstić information content (AvgIpc) is 2.90. The van der Waals surface area contributed by atoms with Crippen LogP contribution < -0.4 is 10.6 Å². The predicted molar refractivity (Wildman–Crippen MR) is 90.1 cm³/mol. The van der Waals surface area contributed by atoms with Crippen LogP contribution in [0.15, 0.2) is 10.6 Å². The van der Waals surface area contributed by atoms with Gasteiger partial charge in [-0.1, -0.05) is 0 Å². The lowest BCUT2D eigenvalue weighted by Gasteiger charge is -2.30. The minimum atomic E-state index is -0.552. The van der Waals surface area contributed by atoms with E-state index in [9.17, 15) is 9.18 Å². The Morgan fingerprint density at radius 3 is 2.80 bits per heavy atom. The number of aromatic nitrogens is 3. The summed E-state index contributed by atoms with van der Waals surface area (Å²) >= 11 is 5.71. The maximum Gasteiger partial charge on any atom is 0.273 e. The van der Waals surface area contributed by atoms with Gasteiger partial charge >= 0.3 is 0 Å². The summed E-state index contributed by atoms with van der Waals surface area (Å²) < 4.78 is 19.1. The van der Waals surface area contributed by atoms with Crippen molar-refractivity contribution in [2.45, 2.75) is 51.6 Å². The van der Waals surface area contributed by atoms with Crippen LogP contribution in [0.4, 0.5) is 10.2 Å². The summed E-state index contributed by atoms with van der Waals surface area (Å²) in [6, 6.07) is -0.0461. The molecule has 1 fully saturated rings. The van der Waals surface area contributed by atoms with Gasteiger partial charge in [0.1, 0.15) is 5.76 Å². The second kappa shape index (κ2) is 7.35. The lowest BCUT2D eigenvalue weighted by molar-refractivity contribution is 0.0920. The fourth-order valence-corrected chi connectivity index (χ4v) is 3.22. The Kier molecular flexibility index (Phi) is 5.17. The van der Waals surface area contributed by atoms with E-state index in [-0.39, 0.29) is 29.1 Å². The molecule has 1 aliphatic carbocycles. The first kappa shape index (κ1) is 17.6. The van der Waals surface area contributed by atoms with Crippen molar-refractivity contribution in [3.8, 4) is 0 Å². The first-order chi connectivity index (χ1) is 11.9. The van der Waals surface area contributed by atoms with Gasteiger partial charge in [-0.25, -0.2) is 14.4 Å². The normalized spacial score (nSPS) is 20.3. The predicted octanol–water partition coefficient (Wildman–Crippen LogP) is 3.03. The van der Waals surface area contributed by atoms with Gasteiger partial charge in [-0.2, -0.15) is 4.98 Å². The largest absolute Gasteiger partial charge is 0.445 e. The molecule has 0 spiro atoms. The number of aryl methyl sites for hydroxylation is 2. The fourth-order valence-electron chi connectivity index (χ4n) is 3.09. The minimum absolute atomic E-state index is 0.0126. The molecule has 0 aromatic carbocycles. The number of carbonyl (C=O) groups excluding carboxylic acids is 1. The summed E-state index contributed by atoms with van der Waals surface area (Å²) in [7, 11) is 0. The Balaban J connectivity index is 1.62. The third-order valence-electron chi connectivity index (χ3n) is 4.18. The van der Waals surface area contributed by atoms with Crippen LogP contribution in [0.25, 0.3) is 0 Å². The number of amides is 1. The molecule has 3 rings (SSSR count). The Hall–Kier alpha value is -2.22. The van der Waals surface area contributed by atoms with Gasteiger partial charge < -0.3 is 15.1 Å². The third kappa shape index (κ3) is 4.25. The molecule has 0 bridgehead atoms. The maximum absolute atomic E-state index is 13.8. The molecule has 0 saturated heterocycles. The third-order valence-corrected chi connectivity index (χ3v) is 4.37. The molecule has 9 heteroatoms. The van der Waals surface area contributed by atoms with Gasteiger partial charge in [-0.05, 0) is 44.2 Å². The molecular formula is C16H19ClFN5O2. The second-order valence-corrected chi connectivity index (χ2v) is 6.49. The molecule has 1 amide bonds. The molecule has 2 unspecified atom stereocenters. The zero-order valence-corrected chi connectivity index (χ0v) is 14.7. The SMILES string of the molecule is Cc1nc(C(=O)NC2CCCC(Nc3nc(Cl)ncc3F)C2)c(C)o1. The van der Waals surface area contributed by atoms with Gasteiger partial charge in [0.15, 0.2) is 23.2 Å². The summed E-state index contributed by atoms with van der Waals surface area (Å²) in [5, 5.41) is 6.02. The lowest BCUT2D eigenvalue weighted by Crippen LogP contribution is -2.42. The number of hydrogen-bond donors (Lipinski definition) is 2. The maximum atomic E-state index is 13.8. The van der Waals surface area contributed by atoms with E-state index in [1.165, 1.54) is 0 Å². The average molecular weight is 368 g/mol. The smallest absolute Gasteiger partial charge is 0.273 e. The molecule has 2 heterocycles. The van der Waals surface area contributed by atoms with E-state index in [4.69, 9.17) is 16.0 Å². The molecule has 134 valence electrons. The van der Waals surface area contributed by atoms with E-state index in [1.54, 1.807) is 13.8 Å². The van der Waals surface area contributed by atoms with Crippen LogP contribution in [-0.4, -0.2) is 32.9 Å². The highest BCUT2D eigenvalue weighted by atomic mass is 35.5. The molecule has 2 atom stereocenters. The molecule has 1 saturated carbocycles. The van der Waals surface area contributed by atoms with Crippen LogP contribution in [0.2, 0.25) is 5.28 Å². The Morgan fingerprint density at radius 1 is 1.32 bits per heavy atom. The molecule has 1 aliphatic rings. The number of nitrogens with one attached hydrogen (secondary N) is 2. The van der Waals surface area contributed by atoms with Crippen molar-refractivity contribution in [2.75, 3.05) is 5.32 Å². The van der Waals surface area contributed by atoms with Crippen LogP contribution in [-0.2, 0) is 0 Å². The fraction of sp³-hybridized carbons (Fsp3) is 0.500. The first-order valence-electron chi connectivity index (χ1n) is 8.12. The number of hydrogen-bond acceptors (Lipinski definition) is 6. The second-order valence-electron chi connectivity index (χ2n) is 6.15. The number of carbonyl (C=O) groups is 1. The zero-order chi connectivity index (χ0) is 18.0. The minimum Gasteiger partial charge on any atom is -0.445 e. The zero-order valence-electron chi connectivity index (χ0n) is 14.0. The van der Waals surface area contributed by atoms with E-state index < -0.39 is 5.82 Å². The van der Waals surface area contributed by atoms with Gasteiger partial charge in [-0.3, -0.25) is 4.79 Å². The highest BCUT2D eigenvalue weighted by molar-refractivity contribution is 6.28. The summed E-state index contributed by atoms with van der Waals surface area (Å²) in [5.74, 6) is 0.237. The topological polar surface area (TPSA) is 92.9 Å². The Morgan fingerprint density at radius 2 is 2.08 bits per heavy atom. The molecule has 2 N–H and O–H groups in total. The summed E-state index contributed by atoms with van der Waals surface area (Å²) in [6.45, 7) is 3.41. The quantitative estimate of drug-likeness (QED) is 0.807. The van der Waals surface area contributed by atoms with E-state index in [0.717, 1.165) is 25.5 Å². The van der Waals surface area contributed by atoms with Crippen LogP contribution in [0, 0.1) is 19.7 Å². The van der Waals surface area contributed by atoms with Crippen molar-refractivity contribution < 1.29 is 13.6 Å². The van der Waals surface area contributed by atoms with Crippen molar-refractivity contribution in [3.63, 3.8) is 0 Å². The molecule has 2 aromatic rings. The van der Waals surface area contributed by atoms with Crippen molar-refractivity contribution in [2.24, 2.45) is 0 Å².